The molecule has 4 rings (SSSR count). The van der Waals surface area contributed by atoms with Gasteiger partial charge in [0.2, 0.25) is 10.0 Å². The number of imide groups is 1. The number of halogens is 1. The third-order valence-corrected chi connectivity index (χ3v) is 6.78. The van der Waals surface area contributed by atoms with Crippen LogP contribution < -0.4 is 20.7 Å². The molecular formula is C26H21ClN4O7S. The minimum Gasteiger partial charge on any atom is -0.462 e. The molecule has 0 aliphatic carbocycles. The molecular weight excluding hydrogens is 548 g/mol. The van der Waals surface area contributed by atoms with Crippen molar-refractivity contribution in [2.24, 2.45) is 5.14 Å². The Hall–Kier alpha value is -4.52. The van der Waals surface area contributed by atoms with Gasteiger partial charge in [0.1, 0.15) is 10.7 Å². The first-order valence-corrected chi connectivity index (χ1v) is 13.3. The van der Waals surface area contributed by atoms with Crippen molar-refractivity contribution in [2.45, 2.75) is 11.8 Å². The normalized spacial score (nSPS) is 13.5. The van der Waals surface area contributed by atoms with E-state index in [0.717, 1.165) is 4.90 Å². The number of nitrogens with zero attached hydrogens (tertiary/aromatic N) is 1. The molecule has 4 N–H and O–H groups in total. The summed E-state index contributed by atoms with van der Waals surface area (Å²) in [4.78, 5) is 51.2. The molecule has 200 valence electrons. The van der Waals surface area contributed by atoms with E-state index in [1.54, 1.807) is 19.1 Å². The van der Waals surface area contributed by atoms with Crippen molar-refractivity contribution in [2.75, 3.05) is 22.1 Å². The molecule has 3 amide bonds. The smallest absolute Gasteiger partial charge is 0.338 e. The molecule has 13 heteroatoms. The third kappa shape index (κ3) is 5.98. The quantitative estimate of drug-likeness (QED) is 0.275. The Kier molecular flexibility index (Phi) is 7.81. The molecule has 0 saturated carbocycles. The highest BCUT2D eigenvalue weighted by Gasteiger charge is 2.39. The average molecular weight is 569 g/mol. The number of anilines is 3. The van der Waals surface area contributed by atoms with E-state index in [2.05, 4.69) is 10.6 Å². The Balaban J connectivity index is 1.48. The number of primary sulfonamides is 1. The first-order chi connectivity index (χ1) is 18.5. The third-order valence-electron chi connectivity index (χ3n) is 5.50. The number of rotatable bonds is 8. The summed E-state index contributed by atoms with van der Waals surface area (Å²) in [6.07, 6.45) is 0. The number of benzene rings is 3. The lowest BCUT2D eigenvalue weighted by molar-refractivity contribution is -0.120. The number of ether oxygens (including phenoxy) is 1. The van der Waals surface area contributed by atoms with Crippen LogP contribution in [0.2, 0.25) is 0 Å². The second kappa shape index (κ2) is 11.1. The molecule has 0 unspecified atom stereocenters. The summed E-state index contributed by atoms with van der Waals surface area (Å²) < 4.78 is 27.7. The van der Waals surface area contributed by atoms with Crippen LogP contribution in [0.1, 0.15) is 27.6 Å². The van der Waals surface area contributed by atoms with E-state index in [0.29, 0.717) is 11.4 Å². The minimum absolute atomic E-state index is 0.100. The first-order valence-electron chi connectivity index (χ1n) is 11.4. The van der Waals surface area contributed by atoms with Crippen LogP contribution >= 0.6 is 11.6 Å². The number of hydrogen-bond donors (Lipinski definition) is 3. The zero-order valence-electron chi connectivity index (χ0n) is 20.3. The number of esters is 1. The molecule has 0 bridgehead atoms. The van der Waals surface area contributed by atoms with Crippen LogP contribution in [-0.4, -0.2) is 38.7 Å². The fourth-order valence-electron chi connectivity index (χ4n) is 3.62. The molecule has 3 aromatic carbocycles. The van der Waals surface area contributed by atoms with E-state index < -0.39 is 33.7 Å². The average Bonchev–Trinajstić information content (AvgIpc) is 3.11. The maximum absolute atomic E-state index is 13.1. The van der Waals surface area contributed by atoms with E-state index >= 15 is 0 Å². The van der Waals surface area contributed by atoms with Crippen molar-refractivity contribution in [3.8, 4) is 0 Å². The van der Waals surface area contributed by atoms with E-state index in [9.17, 15) is 27.6 Å². The Bertz CT molecular complexity index is 1620. The van der Waals surface area contributed by atoms with Crippen molar-refractivity contribution < 1.29 is 32.3 Å². The molecule has 0 spiro atoms. The maximum atomic E-state index is 13.1. The molecule has 1 heterocycles. The van der Waals surface area contributed by atoms with Crippen LogP contribution in [-0.2, 0) is 24.3 Å². The number of carbonyl (C=O) groups is 4. The summed E-state index contributed by atoms with van der Waals surface area (Å²) >= 11 is 6.20. The monoisotopic (exact) mass is 568 g/mol. The fraction of sp³-hybridized carbons (Fsp3) is 0.0769. The second-order valence-electron chi connectivity index (χ2n) is 8.13. The highest BCUT2D eigenvalue weighted by atomic mass is 35.5. The summed E-state index contributed by atoms with van der Waals surface area (Å²) in [7, 11) is -3.87. The predicted octanol–water partition coefficient (Wildman–Crippen LogP) is 3.20. The van der Waals surface area contributed by atoms with Crippen LogP contribution in [0.15, 0.2) is 88.4 Å². The summed E-state index contributed by atoms with van der Waals surface area (Å²) in [5.74, 6) is -2.53. The summed E-state index contributed by atoms with van der Waals surface area (Å²) in [6.45, 7) is 1.88. The van der Waals surface area contributed by atoms with Gasteiger partial charge in [-0.2, -0.15) is 0 Å². The lowest BCUT2D eigenvalue weighted by atomic mass is 10.1. The molecule has 11 nitrogen and oxygen atoms in total. The number of nitrogens with two attached hydrogens (primary N) is 1. The molecule has 0 atom stereocenters. The number of amides is 3. The van der Waals surface area contributed by atoms with Gasteiger partial charge in [-0.25, -0.2) is 23.3 Å². The maximum Gasteiger partial charge on any atom is 0.338 e. The molecule has 3 aromatic rings. The van der Waals surface area contributed by atoms with Gasteiger partial charge < -0.3 is 15.4 Å². The number of carbonyl (C=O) groups excluding carboxylic acids is 4. The molecule has 1 aliphatic heterocycles. The van der Waals surface area contributed by atoms with E-state index in [-0.39, 0.29) is 39.0 Å². The van der Waals surface area contributed by atoms with Gasteiger partial charge in [0.15, 0.2) is 0 Å². The van der Waals surface area contributed by atoms with Crippen molar-refractivity contribution in [3.05, 3.63) is 94.7 Å². The van der Waals surface area contributed by atoms with Gasteiger partial charge in [-0.05, 0) is 73.7 Å². The van der Waals surface area contributed by atoms with Crippen molar-refractivity contribution in [3.63, 3.8) is 0 Å². The molecule has 0 fully saturated rings. The molecule has 0 radical (unpaired) electrons. The lowest BCUT2D eigenvalue weighted by Gasteiger charge is -2.15. The largest absolute Gasteiger partial charge is 0.462 e. The standard InChI is InChI=1S/C26H21ClN4O7S/c1-2-38-26(35)15-6-10-19(11-7-15)31-24(33)21(27)22(25(31)34)29-18-5-3-4-16(14-18)23(32)30-17-8-12-20(13-9-17)39(28,36)37/h3-14,29H,2H2,1H3,(H,30,32)(H2,28,36,37). The van der Waals surface area contributed by atoms with Crippen LogP contribution in [0, 0.1) is 0 Å². The van der Waals surface area contributed by atoms with E-state index in [1.165, 1.54) is 60.7 Å². The molecule has 1 aliphatic rings. The SMILES string of the molecule is CCOC(=O)c1ccc(N2C(=O)C(Cl)=C(Nc3cccc(C(=O)Nc4ccc(S(N)(=O)=O)cc4)c3)C2=O)cc1. The summed E-state index contributed by atoms with van der Waals surface area (Å²) in [5, 5.41) is 10.2. The zero-order valence-corrected chi connectivity index (χ0v) is 21.9. The van der Waals surface area contributed by atoms with E-state index in [1.807, 2.05) is 0 Å². The van der Waals surface area contributed by atoms with Gasteiger partial charge in [-0.3, -0.25) is 14.4 Å². The first kappa shape index (κ1) is 27.5. The molecule has 39 heavy (non-hydrogen) atoms. The fourth-order valence-corrected chi connectivity index (χ4v) is 4.35. The van der Waals surface area contributed by atoms with Crippen molar-refractivity contribution in [1.82, 2.24) is 0 Å². The number of nitrogens with one attached hydrogen (secondary N) is 2. The van der Waals surface area contributed by atoms with Gasteiger partial charge in [0.25, 0.3) is 17.7 Å². The van der Waals surface area contributed by atoms with Crippen LogP contribution in [0.3, 0.4) is 0 Å². The van der Waals surface area contributed by atoms with Gasteiger partial charge in [0.05, 0.1) is 22.8 Å². The number of sulfonamides is 1. The Morgan fingerprint density at radius 2 is 1.59 bits per heavy atom. The highest BCUT2D eigenvalue weighted by Crippen LogP contribution is 2.30. The van der Waals surface area contributed by atoms with Crippen molar-refractivity contribution >= 4 is 62.4 Å². The van der Waals surface area contributed by atoms with Gasteiger partial charge in [-0.15, -0.1) is 0 Å². The Morgan fingerprint density at radius 1 is 0.923 bits per heavy atom. The van der Waals surface area contributed by atoms with Gasteiger partial charge in [-0.1, -0.05) is 17.7 Å². The van der Waals surface area contributed by atoms with Gasteiger partial charge in [0, 0.05) is 16.9 Å². The van der Waals surface area contributed by atoms with Crippen LogP contribution in [0.25, 0.3) is 0 Å². The Morgan fingerprint density at radius 3 is 2.21 bits per heavy atom. The molecule has 0 aromatic heterocycles. The second-order valence-corrected chi connectivity index (χ2v) is 10.1. The van der Waals surface area contributed by atoms with Crippen LogP contribution in [0.5, 0.6) is 0 Å². The minimum atomic E-state index is -3.87. The topological polar surface area (TPSA) is 165 Å². The summed E-state index contributed by atoms with van der Waals surface area (Å²) in [6, 6.07) is 17.1. The highest BCUT2D eigenvalue weighted by molar-refractivity contribution is 7.89. The van der Waals surface area contributed by atoms with Crippen LogP contribution in [0.4, 0.5) is 17.1 Å². The Labute approximate surface area is 228 Å². The van der Waals surface area contributed by atoms with E-state index in [4.69, 9.17) is 21.5 Å². The molecule has 0 saturated heterocycles. The summed E-state index contributed by atoms with van der Waals surface area (Å²) in [5.41, 5.74) is 1.11. The zero-order chi connectivity index (χ0) is 28.3. The van der Waals surface area contributed by atoms with Crippen molar-refractivity contribution in [1.29, 1.82) is 0 Å². The van der Waals surface area contributed by atoms with Gasteiger partial charge >= 0.3 is 5.97 Å². The predicted molar refractivity (Wildman–Crippen MR) is 144 cm³/mol. The number of hydrogen-bond acceptors (Lipinski definition) is 8. The lowest BCUT2D eigenvalue weighted by Crippen LogP contribution is -2.32.